The molecule has 0 spiro atoms. The minimum atomic E-state index is -1.63. The van der Waals surface area contributed by atoms with Crippen LogP contribution in [0.5, 0.6) is 0 Å². The molecule has 74 heavy (non-hydrogen) atoms. The second-order valence-corrected chi connectivity index (χ2v) is 21.3. The normalized spacial score (nSPS) is 12.3. The molecule has 0 rings (SSSR count). The molecule has 1 atom stereocenters. The molecule has 0 aliphatic rings. The van der Waals surface area contributed by atoms with E-state index in [4.69, 9.17) is 19.9 Å². The van der Waals surface area contributed by atoms with Gasteiger partial charge in [-0.05, 0) is 103 Å². The van der Waals surface area contributed by atoms with Crippen molar-refractivity contribution >= 4 is 29.8 Å². The number of amides is 1. The third-order valence-electron chi connectivity index (χ3n) is 13.9. The standard InChI is InChI=1S/C63H114N2O9/c1-4-7-10-13-16-19-22-25-28-31-34-37-40-43-46-49-59(68)72-54-63(65-62(71)57(64)52-53-58(66)67,55-73-60(69)50-47-44-41-38-35-32-29-26-23-20-17-14-11-8-5-2)56-74-61(70)51-48-45-42-39-36-33-30-27-24-21-18-15-12-9-6-3/h25-30,57H,4-24,31-56,64H2,1-3H3,(H,65,71)(H,66,67)/b28-25-,29-26-,30-27-. The Bertz CT molecular complexity index is 1290. The van der Waals surface area contributed by atoms with Crippen molar-refractivity contribution in [3.05, 3.63) is 36.5 Å². The molecule has 0 radical (unpaired) electrons. The zero-order valence-corrected chi connectivity index (χ0v) is 48.1. The van der Waals surface area contributed by atoms with E-state index in [0.717, 1.165) is 116 Å². The van der Waals surface area contributed by atoms with E-state index in [1.165, 1.54) is 116 Å². The number of carboxylic acids is 1. The Balaban J connectivity index is 5.34. The average Bonchev–Trinajstić information content (AvgIpc) is 3.39. The van der Waals surface area contributed by atoms with Gasteiger partial charge in [-0.1, -0.05) is 211 Å². The van der Waals surface area contributed by atoms with Crippen LogP contribution < -0.4 is 11.1 Å². The number of nitrogens with one attached hydrogen (secondary N) is 1. The fourth-order valence-electron chi connectivity index (χ4n) is 8.89. The van der Waals surface area contributed by atoms with Crippen LogP contribution in [0.4, 0.5) is 0 Å². The lowest BCUT2D eigenvalue weighted by Crippen LogP contribution is -2.62. The molecule has 4 N–H and O–H groups in total. The molecule has 1 unspecified atom stereocenters. The molecule has 0 fully saturated rings. The maximum Gasteiger partial charge on any atom is 0.305 e. The number of carbonyl (C=O) groups is 5. The van der Waals surface area contributed by atoms with E-state index >= 15 is 0 Å². The van der Waals surface area contributed by atoms with E-state index in [0.29, 0.717) is 19.3 Å². The third-order valence-corrected chi connectivity index (χ3v) is 13.9. The zero-order valence-electron chi connectivity index (χ0n) is 48.1. The molecule has 0 heterocycles. The van der Waals surface area contributed by atoms with E-state index < -0.39 is 61.2 Å². The molecule has 1 amide bonds. The summed E-state index contributed by atoms with van der Waals surface area (Å²) in [4.78, 5) is 64.4. The summed E-state index contributed by atoms with van der Waals surface area (Å²) in [5.41, 5.74) is 4.51. The van der Waals surface area contributed by atoms with Gasteiger partial charge in [0.05, 0.1) is 6.04 Å². The lowest BCUT2D eigenvalue weighted by Gasteiger charge is -2.34. The molecule has 0 aliphatic carbocycles. The van der Waals surface area contributed by atoms with Crippen LogP contribution in [-0.2, 0) is 38.2 Å². The highest BCUT2D eigenvalue weighted by Crippen LogP contribution is 2.18. The molecule has 0 aliphatic heterocycles. The van der Waals surface area contributed by atoms with Gasteiger partial charge in [-0.3, -0.25) is 24.0 Å². The van der Waals surface area contributed by atoms with Gasteiger partial charge >= 0.3 is 23.9 Å². The first-order chi connectivity index (χ1) is 36.1. The number of allylic oxidation sites excluding steroid dienone is 6. The minimum Gasteiger partial charge on any atom is -0.481 e. The Kier molecular flexibility index (Phi) is 51.8. The molecule has 0 aromatic heterocycles. The number of aliphatic carboxylic acids is 1. The van der Waals surface area contributed by atoms with Crippen molar-refractivity contribution in [2.75, 3.05) is 19.8 Å². The van der Waals surface area contributed by atoms with Crippen molar-refractivity contribution in [3.63, 3.8) is 0 Å². The van der Waals surface area contributed by atoms with Crippen molar-refractivity contribution in [1.29, 1.82) is 0 Å². The van der Waals surface area contributed by atoms with Crippen LogP contribution in [0.1, 0.15) is 303 Å². The van der Waals surface area contributed by atoms with Gasteiger partial charge in [0.25, 0.3) is 0 Å². The highest BCUT2D eigenvalue weighted by Gasteiger charge is 2.39. The van der Waals surface area contributed by atoms with Gasteiger partial charge in [-0.2, -0.15) is 0 Å². The summed E-state index contributed by atoms with van der Waals surface area (Å²) in [7, 11) is 0. The van der Waals surface area contributed by atoms with E-state index in [2.05, 4.69) is 62.5 Å². The number of carboxylic acid groups (broad SMARTS) is 1. The highest BCUT2D eigenvalue weighted by molar-refractivity contribution is 5.83. The van der Waals surface area contributed by atoms with Crippen LogP contribution in [0.15, 0.2) is 36.5 Å². The molecule has 0 aromatic rings. The van der Waals surface area contributed by atoms with Crippen LogP contribution in [0.25, 0.3) is 0 Å². The van der Waals surface area contributed by atoms with Gasteiger partial charge in [0.15, 0.2) is 0 Å². The van der Waals surface area contributed by atoms with Crippen LogP contribution in [0.2, 0.25) is 0 Å². The predicted molar refractivity (Wildman–Crippen MR) is 307 cm³/mol. The lowest BCUT2D eigenvalue weighted by atomic mass is 10.0. The zero-order chi connectivity index (χ0) is 54.3. The highest BCUT2D eigenvalue weighted by atomic mass is 16.6. The number of carbonyl (C=O) groups excluding carboxylic acids is 4. The summed E-state index contributed by atoms with van der Waals surface area (Å²) in [6.07, 6.45) is 58.2. The topological polar surface area (TPSA) is 171 Å². The summed E-state index contributed by atoms with van der Waals surface area (Å²) in [6, 6.07) is -1.21. The molecule has 11 nitrogen and oxygen atoms in total. The SMILES string of the molecule is CCCCCCCC/C=C\CCCCCCCC(=O)OCC(COC(=O)CCCCCCC/C=C\CCCCCCCC)(COC(=O)CCCCCCC/C=C\CCCCCCCC)NC(=O)C(N)CCC(=O)O. The Morgan fingerprint density at radius 2 is 0.635 bits per heavy atom. The number of nitrogens with two attached hydrogens (primary N) is 1. The number of esters is 3. The van der Waals surface area contributed by atoms with E-state index in [1.54, 1.807) is 0 Å². The van der Waals surface area contributed by atoms with Crippen molar-refractivity contribution in [1.82, 2.24) is 5.32 Å². The predicted octanol–water partition coefficient (Wildman–Crippen LogP) is 16.8. The van der Waals surface area contributed by atoms with Gasteiger partial charge in [-0.15, -0.1) is 0 Å². The van der Waals surface area contributed by atoms with Gasteiger partial charge in [0.1, 0.15) is 25.4 Å². The first-order valence-corrected chi connectivity index (χ1v) is 30.8. The molecule has 0 aromatic carbocycles. The fraction of sp³-hybridized carbons (Fsp3) is 0.825. The summed E-state index contributed by atoms with van der Waals surface area (Å²) in [5, 5.41) is 12.0. The van der Waals surface area contributed by atoms with Crippen molar-refractivity contribution in [2.24, 2.45) is 5.73 Å². The van der Waals surface area contributed by atoms with Crippen LogP contribution in [0.3, 0.4) is 0 Å². The number of hydrogen-bond acceptors (Lipinski definition) is 9. The second kappa shape index (κ2) is 54.3. The van der Waals surface area contributed by atoms with Crippen LogP contribution in [0, 0.1) is 0 Å². The minimum absolute atomic E-state index is 0.142. The van der Waals surface area contributed by atoms with Crippen molar-refractivity contribution in [3.8, 4) is 0 Å². The molecular formula is C63H114N2O9. The second-order valence-electron chi connectivity index (χ2n) is 21.3. The Hall–Kier alpha value is -3.47. The largest absolute Gasteiger partial charge is 0.481 e. The first-order valence-electron chi connectivity index (χ1n) is 30.8. The number of unbranched alkanes of at least 4 members (excludes halogenated alkanes) is 33. The summed E-state index contributed by atoms with van der Waals surface area (Å²) < 4.78 is 17.3. The van der Waals surface area contributed by atoms with Gasteiger partial charge in [0.2, 0.25) is 5.91 Å². The Labute approximate surface area is 453 Å². The first kappa shape index (κ1) is 70.5. The van der Waals surface area contributed by atoms with Gasteiger partial charge < -0.3 is 30.4 Å². The maximum absolute atomic E-state index is 13.5. The van der Waals surface area contributed by atoms with E-state index in [1.807, 2.05) is 0 Å². The fourth-order valence-corrected chi connectivity index (χ4v) is 8.89. The van der Waals surface area contributed by atoms with Gasteiger partial charge in [-0.25, -0.2) is 0 Å². The third kappa shape index (κ3) is 49.4. The molecular weight excluding hydrogens is 929 g/mol. The van der Waals surface area contributed by atoms with Crippen LogP contribution in [-0.4, -0.2) is 66.3 Å². The monoisotopic (exact) mass is 1040 g/mol. The smallest absolute Gasteiger partial charge is 0.305 e. The Morgan fingerprint density at radius 3 is 0.892 bits per heavy atom. The average molecular weight is 1040 g/mol. The van der Waals surface area contributed by atoms with Crippen molar-refractivity contribution in [2.45, 2.75) is 315 Å². The molecule has 0 saturated carbocycles. The summed E-state index contributed by atoms with van der Waals surface area (Å²) in [5.74, 6) is -3.25. The molecule has 430 valence electrons. The lowest BCUT2D eigenvalue weighted by molar-refractivity contribution is -0.159. The molecule has 0 saturated heterocycles. The summed E-state index contributed by atoms with van der Waals surface area (Å²) in [6.45, 7) is 5.47. The molecule has 11 heteroatoms. The van der Waals surface area contributed by atoms with Crippen LogP contribution >= 0.6 is 0 Å². The Morgan fingerprint density at radius 1 is 0.392 bits per heavy atom. The number of rotatable bonds is 56. The van der Waals surface area contributed by atoms with E-state index in [-0.39, 0.29) is 32.1 Å². The van der Waals surface area contributed by atoms with E-state index in [9.17, 15) is 29.1 Å². The quantitative estimate of drug-likeness (QED) is 0.0230. The molecule has 0 bridgehead atoms. The number of hydrogen-bond donors (Lipinski definition) is 3. The number of ether oxygens (including phenoxy) is 3. The maximum atomic E-state index is 13.5. The van der Waals surface area contributed by atoms with Gasteiger partial charge in [0, 0.05) is 25.7 Å². The van der Waals surface area contributed by atoms with Crippen molar-refractivity contribution < 1.29 is 43.3 Å². The summed E-state index contributed by atoms with van der Waals surface area (Å²) >= 11 is 0.